The smallest absolute Gasteiger partial charge is 0.436 e. The zero-order valence-corrected chi connectivity index (χ0v) is 14.9. The molecule has 0 fully saturated rings. The van der Waals surface area contributed by atoms with Gasteiger partial charge in [-0.1, -0.05) is 35.9 Å². The Bertz CT molecular complexity index is 1030. The highest BCUT2D eigenvalue weighted by Gasteiger charge is 2.39. The zero-order valence-electron chi connectivity index (χ0n) is 14.1. The molecule has 142 valence electrons. The van der Waals surface area contributed by atoms with Crippen LogP contribution in [0.2, 0.25) is 0 Å². The molecule has 0 aliphatic carbocycles. The van der Waals surface area contributed by atoms with Gasteiger partial charge in [-0.2, -0.15) is 13.2 Å². The molecular formula is C18H15F3N2O3S. The standard InChI is InChI=1S/C18H15F3N2O3S/c1-12-7-9-14(10-8-12)27(24,25)22-11-15-16(18(19,20)21)23-17(26-15)13-5-3-2-4-6-13/h2-10,22H,11H2,1H3. The molecule has 1 aromatic heterocycles. The first-order chi connectivity index (χ1) is 12.7. The first-order valence-corrected chi connectivity index (χ1v) is 9.34. The van der Waals surface area contributed by atoms with Crippen molar-refractivity contribution in [3.63, 3.8) is 0 Å². The average Bonchev–Trinajstić information content (AvgIpc) is 3.06. The second-order valence-electron chi connectivity index (χ2n) is 5.79. The summed E-state index contributed by atoms with van der Waals surface area (Å²) in [5.74, 6) is -0.829. The van der Waals surface area contributed by atoms with Crippen molar-refractivity contribution in [3.8, 4) is 11.5 Å². The van der Waals surface area contributed by atoms with E-state index < -0.39 is 34.2 Å². The van der Waals surface area contributed by atoms with E-state index in [1.54, 1.807) is 49.4 Å². The SMILES string of the molecule is Cc1ccc(S(=O)(=O)NCc2oc(-c3ccccc3)nc2C(F)(F)F)cc1. The molecule has 0 amide bonds. The highest BCUT2D eigenvalue weighted by molar-refractivity contribution is 7.89. The summed E-state index contributed by atoms with van der Waals surface area (Å²) >= 11 is 0. The monoisotopic (exact) mass is 396 g/mol. The van der Waals surface area contributed by atoms with Crippen molar-refractivity contribution in [1.82, 2.24) is 9.71 Å². The number of halogens is 3. The summed E-state index contributed by atoms with van der Waals surface area (Å²) in [7, 11) is -4.00. The van der Waals surface area contributed by atoms with E-state index >= 15 is 0 Å². The molecule has 1 heterocycles. The fraction of sp³-hybridized carbons (Fsp3) is 0.167. The number of sulfonamides is 1. The van der Waals surface area contributed by atoms with Crippen molar-refractivity contribution in [1.29, 1.82) is 0 Å². The van der Waals surface area contributed by atoms with Crippen molar-refractivity contribution in [2.45, 2.75) is 24.5 Å². The first-order valence-electron chi connectivity index (χ1n) is 7.85. The van der Waals surface area contributed by atoms with Crippen LogP contribution in [0.1, 0.15) is 17.0 Å². The predicted octanol–water partition coefficient (Wildman–Crippen LogP) is 4.15. The average molecular weight is 396 g/mol. The molecular weight excluding hydrogens is 381 g/mol. The number of nitrogens with one attached hydrogen (secondary N) is 1. The van der Waals surface area contributed by atoms with Crippen LogP contribution < -0.4 is 4.72 Å². The Morgan fingerprint density at radius 2 is 1.67 bits per heavy atom. The lowest BCUT2D eigenvalue weighted by Crippen LogP contribution is -2.24. The number of hydrogen-bond donors (Lipinski definition) is 1. The van der Waals surface area contributed by atoms with Gasteiger partial charge in [0.05, 0.1) is 11.4 Å². The van der Waals surface area contributed by atoms with E-state index in [0.29, 0.717) is 5.56 Å². The van der Waals surface area contributed by atoms with Crippen molar-refractivity contribution >= 4 is 10.0 Å². The quantitative estimate of drug-likeness (QED) is 0.703. The normalized spacial score (nSPS) is 12.3. The molecule has 0 saturated carbocycles. The molecule has 0 saturated heterocycles. The molecule has 0 radical (unpaired) electrons. The minimum atomic E-state index is -4.78. The number of nitrogens with zero attached hydrogens (tertiary/aromatic N) is 1. The van der Waals surface area contributed by atoms with Crippen molar-refractivity contribution in [2.24, 2.45) is 0 Å². The zero-order chi connectivity index (χ0) is 19.7. The van der Waals surface area contributed by atoms with Crippen LogP contribution in [0.25, 0.3) is 11.5 Å². The van der Waals surface area contributed by atoms with Gasteiger partial charge in [-0.05, 0) is 31.2 Å². The molecule has 0 atom stereocenters. The number of rotatable bonds is 5. The number of hydrogen-bond acceptors (Lipinski definition) is 4. The van der Waals surface area contributed by atoms with Gasteiger partial charge >= 0.3 is 6.18 Å². The summed E-state index contributed by atoms with van der Waals surface area (Å²) in [5, 5.41) is 0. The second-order valence-corrected chi connectivity index (χ2v) is 7.56. The van der Waals surface area contributed by atoms with Crippen LogP contribution in [0, 0.1) is 6.92 Å². The first kappa shape index (κ1) is 19.1. The molecule has 3 rings (SSSR count). The van der Waals surface area contributed by atoms with Gasteiger partial charge in [0.1, 0.15) is 0 Å². The van der Waals surface area contributed by atoms with Crippen LogP contribution in [-0.4, -0.2) is 13.4 Å². The molecule has 1 N–H and O–H groups in total. The Morgan fingerprint density at radius 1 is 1.04 bits per heavy atom. The Hall–Kier alpha value is -2.65. The third kappa shape index (κ3) is 4.37. The van der Waals surface area contributed by atoms with Crippen LogP contribution in [-0.2, 0) is 22.7 Å². The predicted molar refractivity (Wildman–Crippen MR) is 92.1 cm³/mol. The van der Waals surface area contributed by atoms with E-state index in [0.717, 1.165) is 5.56 Å². The Kier molecular flexibility index (Phi) is 5.07. The number of oxazole rings is 1. The van der Waals surface area contributed by atoms with Crippen LogP contribution >= 0.6 is 0 Å². The van der Waals surface area contributed by atoms with Crippen LogP contribution in [0.15, 0.2) is 63.9 Å². The maximum absolute atomic E-state index is 13.3. The summed E-state index contributed by atoms with van der Waals surface area (Å²) in [6, 6.07) is 14.0. The minimum absolute atomic E-state index is 0.0514. The summed E-state index contributed by atoms with van der Waals surface area (Å²) in [6.07, 6.45) is -4.78. The molecule has 0 unspecified atom stereocenters. The number of aryl methyl sites for hydroxylation is 1. The molecule has 0 spiro atoms. The topological polar surface area (TPSA) is 72.2 Å². The highest BCUT2D eigenvalue weighted by Crippen LogP contribution is 2.34. The van der Waals surface area contributed by atoms with E-state index in [-0.39, 0.29) is 10.8 Å². The summed E-state index contributed by atoms with van der Waals surface area (Å²) in [5.41, 5.74) is -0.0420. The lowest BCUT2D eigenvalue weighted by atomic mass is 10.2. The van der Waals surface area contributed by atoms with Gasteiger partial charge in [0, 0.05) is 5.56 Å². The van der Waals surface area contributed by atoms with Crippen molar-refractivity contribution in [2.75, 3.05) is 0 Å². The molecule has 2 aromatic carbocycles. The van der Waals surface area contributed by atoms with Gasteiger partial charge in [0.15, 0.2) is 11.5 Å². The van der Waals surface area contributed by atoms with Gasteiger partial charge in [-0.15, -0.1) is 0 Å². The maximum Gasteiger partial charge on any atom is 0.436 e. The van der Waals surface area contributed by atoms with Gasteiger partial charge < -0.3 is 4.42 Å². The summed E-state index contributed by atoms with van der Waals surface area (Å²) in [4.78, 5) is 3.46. The Morgan fingerprint density at radius 3 is 2.26 bits per heavy atom. The summed E-state index contributed by atoms with van der Waals surface area (Å²) < 4.78 is 71.7. The lowest BCUT2D eigenvalue weighted by molar-refractivity contribution is -0.142. The highest BCUT2D eigenvalue weighted by atomic mass is 32.2. The second kappa shape index (κ2) is 7.16. The van der Waals surface area contributed by atoms with Crippen LogP contribution in [0.5, 0.6) is 0 Å². The van der Waals surface area contributed by atoms with Crippen LogP contribution in [0.3, 0.4) is 0 Å². The third-order valence-electron chi connectivity index (χ3n) is 3.74. The number of alkyl halides is 3. The van der Waals surface area contributed by atoms with Crippen LogP contribution in [0.4, 0.5) is 13.2 Å². The largest absolute Gasteiger partial charge is 0.439 e. The molecule has 5 nitrogen and oxygen atoms in total. The Labute approximate surface area is 153 Å². The molecule has 0 bridgehead atoms. The molecule has 0 aliphatic rings. The van der Waals surface area contributed by atoms with Crippen molar-refractivity contribution < 1.29 is 26.0 Å². The molecule has 9 heteroatoms. The van der Waals surface area contributed by atoms with E-state index in [2.05, 4.69) is 9.71 Å². The number of benzene rings is 2. The fourth-order valence-corrected chi connectivity index (χ4v) is 3.34. The van der Waals surface area contributed by atoms with Gasteiger partial charge in [0.25, 0.3) is 0 Å². The lowest BCUT2D eigenvalue weighted by Gasteiger charge is -2.08. The molecule has 27 heavy (non-hydrogen) atoms. The van der Waals surface area contributed by atoms with Gasteiger partial charge in [-0.25, -0.2) is 18.1 Å². The third-order valence-corrected chi connectivity index (χ3v) is 5.16. The van der Waals surface area contributed by atoms with Gasteiger partial charge in [0.2, 0.25) is 15.9 Å². The van der Waals surface area contributed by atoms with Gasteiger partial charge in [-0.3, -0.25) is 0 Å². The van der Waals surface area contributed by atoms with E-state index in [4.69, 9.17) is 4.42 Å². The molecule has 3 aromatic rings. The molecule has 0 aliphatic heterocycles. The Balaban J connectivity index is 1.90. The fourth-order valence-electron chi connectivity index (χ4n) is 2.36. The minimum Gasteiger partial charge on any atom is -0.439 e. The van der Waals surface area contributed by atoms with E-state index in [1.807, 2.05) is 0 Å². The van der Waals surface area contributed by atoms with E-state index in [1.165, 1.54) is 12.1 Å². The number of aromatic nitrogens is 1. The van der Waals surface area contributed by atoms with E-state index in [9.17, 15) is 21.6 Å². The summed E-state index contributed by atoms with van der Waals surface area (Å²) in [6.45, 7) is 1.12. The van der Waals surface area contributed by atoms with Crippen molar-refractivity contribution in [3.05, 3.63) is 71.6 Å². The maximum atomic E-state index is 13.3.